The highest BCUT2D eigenvalue weighted by Gasteiger charge is 2.24. The highest BCUT2D eigenvalue weighted by atomic mass is 16.5. The summed E-state index contributed by atoms with van der Waals surface area (Å²) in [6, 6.07) is 0. The third-order valence-corrected chi connectivity index (χ3v) is 4.17. The summed E-state index contributed by atoms with van der Waals surface area (Å²) in [6.45, 7) is 4.46. The number of nitrogens with zero attached hydrogens (tertiary/aromatic N) is 5. The molecular weight excluding hydrogens is 322 g/mol. The zero-order valence-electron chi connectivity index (χ0n) is 14.3. The Balaban J connectivity index is 2.33. The van der Waals surface area contributed by atoms with E-state index in [9.17, 15) is 9.59 Å². The second-order valence-electron chi connectivity index (χ2n) is 5.63. The van der Waals surface area contributed by atoms with E-state index in [1.165, 1.54) is 4.57 Å². The van der Waals surface area contributed by atoms with Gasteiger partial charge in [0, 0.05) is 20.1 Å². The van der Waals surface area contributed by atoms with Crippen LogP contribution in [0.5, 0.6) is 0 Å². The van der Waals surface area contributed by atoms with Crippen molar-refractivity contribution in [3.8, 4) is 24.2 Å². The van der Waals surface area contributed by atoms with Gasteiger partial charge in [-0.05, 0) is 6.92 Å². The molecule has 8 nitrogen and oxygen atoms in total. The van der Waals surface area contributed by atoms with Crippen molar-refractivity contribution in [3.05, 3.63) is 20.8 Å². The van der Waals surface area contributed by atoms with Crippen molar-refractivity contribution in [3.63, 3.8) is 0 Å². The number of morpholine rings is 1. The molecule has 0 spiro atoms. The molecule has 3 heterocycles. The number of aromatic nitrogens is 4. The summed E-state index contributed by atoms with van der Waals surface area (Å²) in [5.74, 6) is 8.78. The number of rotatable bonds is 3. The molecule has 2 aromatic rings. The molecule has 0 saturated carbocycles. The second-order valence-corrected chi connectivity index (χ2v) is 5.63. The molecule has 3 rings (SSSR count). The van der Waals surface area contributed by atoms with Gasteiger partial charge >= 0.3 is 5.69 Å². The van der Waals surface area contributed by atoms with Gasteiger partial charge in [-0.1, -0.05) is 11.8 Å². The molecule has 0 bridgehead atoms. The smallest absolute Gasteiger partial charge is 0.333 e. The van der Waals surface area contributed by atoms with Gasteiger partial charge in [-0.2, -0.15) is 4.98 Å². The summed E-state index contributed by atoms with van der Waals surface area (Å²) < 4.78 is 9.54. The fourth-order valence-electron chi connectivity index (χ4n) is 2.90. The fourth-order valence-corrected chi connectivity index (χ4v) is 2.90. The highest BCUT2D eigenvalue weighted by Crippen LogP contribution is 2.20. The van der Waals surface area contributed by atoms with E-state index in [0.29, 0.717) is 50.0 Å². The third-order valence-electron chi connectivity index (χ3n) is 4.17. The summed E-state index contributed by atoms with van der Waals surface area (Å²) in [4.78, 5) is 31.9. The Hall–Kier alpha value is -2.97. The van der Waals surface area contributed by atoms with Crippen molar-refractivity contribution >= 4 is 17.1 Å². The van der Waals surface area contributed by atoms with Gasteiger partial charge in [-0.25, -0.2) is 9.36 Å². The Labute approximate surface area is 144 Å². The van der Waals surface area contributed by atoms with Crippen molar-refractivity contribution in [2.24, 2.45) is 7.05 Å². The SMILES string of the molecule is C#CCn1c(=O)c2c(nc(N3CCOCC3)n2CC#CC)n(C)c1=O. The van der Waals surface area contributed by atoms with Crippen LogP contribution >= 0.6 is 0 Å². The quantitative estimate of drug-likeness (QED) is 0.697. The first-order valence-corrected chi connectivity index (χ1v) is 7.96. The van der Waals surface area contributed by atoms with Gasteiger partial charge in [-0.15, -0.1) is 12.3 Å². The first-order valence-electron chi connectivity index (χ1n) is 7.96. The summed E-state index contributed by atoms with van der Waals surface area (Å²) in [5, 5.41) is 0. The van der Waals surface area contributed by atoms with Crippen molar-refractivity contribution in [2.75, 3.05) is 31.2 Å². The lowest BCUT2D eigenvalue weighted by molar-refractivity contribution is 0.121. The molecule has 1 aliphatic heterocycles. The first kappa shape index (κ1) is 16.9. The highest BCUT2D eigenvalue weighted by molar-refractivity contribution is 5.74. The van der Waals surface area contributed by atoms with Crippen LogP contribution in [0.2, 0.25) is 0 Å². The van der Waals surface area contributed by atoms with Crippen LogP contribution in [0.15, 0.2) is 9.59 Å². The maximum absolute atomic E-state index is 12.9. The molecule has 0 atom stereocenters. The molecule has 0 aliphatic carbocycles. The lowest BCUT2D eigenvalue weighted by Gasteiger charge is -2.27. The normalized spacial score (nSPS) is 14.2. The fraction of sp³-hybridized carbons (Fsp3) is 0.471. The third kappa shape index (κ3) is 2.81. The first-order chi connectivity index (χ1) is 12.1. The van der Waals surface area contributed by atoms with E-state index >= 15 is 0 Å². The summed E-state index contributed by atoms with van der Waals surface area (Å²) >= 11 is 0. The predicted octanol–water partition coefficient (Wildman–Crippen LogP) is -0.610. The van der Waals surface area contributed by atoms with E-state index in [1.54, 1.807) is 18.5 Å². The number of aryl methyl sites for hydroxylation is 1. The van der Waals surface area contributed by atoms with Gasteiger partial charge in [0.1, 0.15) is 0 Å². The molecule has 1 fully saturated rings. The van der Waals surface area contributed by atoms with Gasteiger partial charge in [0.05, 0.1) is 26.3 Å². The van der Waals surface area contributed by atoms with E-state index in [-0.39, 0.29) is 6.54 Å². The molecule has 0 N–H and O–H groups in total. The van der Waals surface area contributed by atoms with Gasteiger partial charge < -0.3 is 9.64 Å². The molecule has 0 unspecified atom stereocenters. The van der Waals surface area contributed by atoms with Crippen molar-refractivity contribution < 1.29 is 4.74 Å². The van der Waals surface area contributed by atoms with Gasteiger partial charge in [0.15, 0.2) is 11.2 Å². The Kier molecular flexibility index (Phi) is 4.64. The number of imidazole rings is 1. The molecule has 8 heteroatoms. The number of fused-ring (bicyclic) bond motifs is 1. The van der Waals surface area contributed by atoms with E-state index in [4.69, 9.17) is 11.2 Å². The summed E-state index contributed by atoms with van der Waals surface area (Å²) in [5.41, 5.74) is -0.250. The molecular formula is C17H19N5O3. The minimum Gasteiger partial charge on any atom is -0.378 e. The Morgan fingerprint density at radius 2 is 1.92 bits per heavy atom. The number of ether oxygens (including phenoxy) is 1. The van der Waals surface area contributed by atoms with Crippen LogP contribution in [0, 0.1) is 24.2 Å². The van der Waals surface area contributed by atoms with E-state index < -0.39 is 11.2 Å². The number of hydrogen-bond acceptors (Lipinski definition) is 5. The largest absolute Gasteiger partial charge is 0.378 e. The second kappa shape index (κ2) is 6.88. The van der Waals surface area contributed by atoms with Crippen LogP contribution in [0.1, 0.15) is 6.92 Å². The summed E-state index contributed by atoms with van der Waals surface area (Å²) in [7, 11) is 1.59. The minimum atomic E-state index is -0.477. The summed E-state index contributed by atoms with van der Waals surface area (Å²) in [6.07, 6.45) is 5.31. The number of terminal acetylenes is 1. The lowest BCUT2D eigenvalue weighted by atomic mass is 10.4. The molecule has 1 aliphatic rings. The van der Waals surface area contributed by atoms with Crippen LogP contribution in [0.3, 0.4) is 0 Å². The standard InChI is InChI=1S/C17H19N5O3/c1-4-6-8-21-13-14(18-16(21)20-9-11-25-12-10-20)19(3)17(24)22(7-5-2)15(13)23/h2H,7-12H2,1,3H3. The van der Waals surface area contributed by atoms with E-state index in [1.807, 2.05) is 4.90 Å². The van der Waals surface area contributed by atoms with Gasteiger partial charge in [0.25, 0.3) is 5.56 Å². The molecule has 1 saturated heterocycles. The van der Waals surface area contributed by atoms with Crippen molar-refractivity contribution in [1.29, 1.82) is 0 Å². The minimum absolute atomic E-state index is 0.0844. The van der Waals surface area contributed by atoms with Gasteiger partial charge in [0.2, 0.25) is 5.95 Å². The lowest BCUT2D eigenvalue weighted by Crippen LogP contribution is -2.39. The molecule has 0 amide bonds. The number of hydrogen-bond donors (Lipinski definition) is 0. The topological polar surface area (TPSA) is 74.3 Å². The van der Waals surface area contributed by atoms with Crippen LogP contribution in [-0.2, 0) is 24.9 Å². The Morgan fingerprint density at radius 3 is 2.56 bits per heavy atom. The van der Waals surface area contributed by atoms with E-state index in [2.05, 4.69) is 22.7 Å². The monoisotopic (exact) mass is 341 g/mol. The van der Waals surface area contributed by atoms with Crippen LogP contribution in [0.4, 0.5) is 5.95 Å². The zero-order chi connectivity index (χ0) is 18.0. The van der Waals surface area contributed by atoms with Crippen LogP contribution in [0.25, 0.3) is 11.2 Å². The average Bonchev–Trinajstić information content (AvgIpc) is 3.02. The molecule has 2 aromatic heterocycles. The van der Waals surface area contributed by atoms with E-state index in [0.717, 1.165) is 4.57 Å². The Bertz CT molecular complexity index is 1020. The van der Waals surface area contributed by atoms with Crippen molar-refractivity contribution in [2.45, 2.75) is 20.0 Å². The van der Waals surface area contributed by atoms with Crippen LogP contribution < -0.4 is 16.1 Å². The molecule has 0 aromatic carbocycles. The average molecular weight is 341 g/mol. The van der Waals surface area contributed by atoms with Crippen LogP contribution in [-0.4, -0.2) is 45.0 Å². The zero-order valence-corrected chi connectivity index (χ0v) is 14.3. The van der Waals surface area contributed by atoms with Gasteiger partial charge in [-0.3, -0.25) is 13.9 Å². The molecule has 0 radical (unpaired) electrons. The molecule has 130 valence electrons. The maximum Gasteiger partial charge on any atom is 0.333 e. The maximum atomic E-state index is 12.9. The predicted molar refractivity (Wildman–Crippen MR) is 94.5 cm³/mol. The Morgan fingerprint density at radius 1 is 1.20 bits per heavy atom. The number of anilines is 1. The van der Waals surface area contributed by atoms with Crippen molar-refractivity contribution in [1.82, 2.24) is 18.7 Å². The molecule has 25 heavy (non-hydrogen) atoms.